The molecule has 6 heteroatoms. The van der Waals surface area contributed by atoms with Crippen molar-refractivity contribution < 1.29 is 24.5 Å². The van der Waals surface area contributed by atoms with E-state index in [1.165, 1.54) is 109 Å². The van der Waals surface area contributed by atoms with Gasteiger partial charge in [-0.05, 0) is 77.0 Å². The van der Waals surface area contributed by atoms with Gasteiger partial charge in [0.25, 0.3) is 0 Å². The largest absolute Gasteiger partial charge is 0.462 e. The number of hydrogen-bond acceptors (Lipinski definition) is 5. The highest BCUT2D eigenvalue weighted by Crippen LogP contribution is 2.17. The van der Waals surface area contributed by atoms with Gasteiger partial charge in [-0.2, -0.15) is 0 Å². The van der Waals surface area contributed by atoms with Crippen LogP contribution in [0.3, 0.4) is 0 Å². The van der Waals surface area contributed by atoms with E-state index < -0.39 is 18.2 Å². The molecule has 1 amide bonds. The van der Waals surface area contributed by atoms with Crippen molar-refractivity contribution in [3.63, 3.8) is 0 Å². The van der Waals surface area contributed by atoms with E-state index in [1.54, 1.807) is 0 Å². The highest BCUT2D eigenvalue weighted by molar-refractivity contribution is 5.77. The quantitative estimate of drug-likeness (QED) is 0.0323. The number of carbonyl (C=O) groups excluding carboxylic acids is 2. The predicted molar refractivity (Wildman–Crippen MR) is 255 cm³/mol. The lowest BCUT2D eigenvalue weighted by Gasteiger charge is -2.24. The Bertz CT molecular complexity index is 1020. The molecule has 3 N–H and O–H groups in total. The molecule has 0 aromatic heterocycles. The number of aliphatic hydroxyl groups is 2. The van der Waals surface area contributed by atoms with Crippen LogP contribution in [0.15, 0.2) is 48.6 Å². The molecule has 0 aliphatic rings. The lowest BCUT2D eigenvalue weighted by molar-refractivity contribution is -0.151. The van der Waals surface area contributed by atoms with Crippen LogP contribution >= 0.6 is 0 Å². The number of rotatable bonds is 45. The van der Waals surface area contributed by atoms with E-state index >= 15 is 0 Å². The maximum absolute atomic E-state index is 13.2. The fourth-order valence-electron chi connectivity index (χ4n) is 7.54. The fourth-order valence-corrected chi connectivity index (χ4v) is 7.54. The maximum atomic E-state index is 13.2. The van der Waals surface area contributed by atoms with Gasteiger partial charge in [-0.25, -0.2) is 0 Å². The van der Waals surface area contributed by atoms with E-state index in [2.05, 4.69) is 74.7 Å². The molecule has 0 rings (SSSR count). The monoisotopic (exact) mass is 828 g/mol. The van der Waals surface area contributed by atoms with Crippen molar-refractivity contribution in [1.82, 2.24) is 5.32 Å². The second-order valence-corrected chi connectivity index (χ2v) is 17.2. The van der Waals surface area contributed by atoms with Gasteiger partial charge in [0.05, 0.1) is 25.2 Å². The number of allylic oxidation sites excluding steroid dienone is 8. The first-order valence-electron chi connectivity index (χ1n) is 25.4. The Labute approximate surface area is 366 Å². The molecule has 0 heterocycles. The molecule has 0 aromatic carbocycles. The van der Waals surface area contributed by atoms with Crippen LogP contribution < -0.4 is 5.32 Å². The van der Waals surface area contributed by atoms with Crippen molar-refractivity contribution in [1.29, 1.82) is 0 Å². The van der Waals surface area contributed by atoms with Crippen molar-refractivity contribution in [2.24, 2.45) is 0 Å². The second-order valence-electron chi connectivity index (χ2n) is 17.2. The van der Waals surface area contributed by atoms with Crippen LogP contribution in [0.2, 0.25) is 0 Å². The molecule has 0 saturated heterocycles. The van der Waals surface area contributed by atoms with E-state index in [4.69, 9.17) is 4.74 Å². The normalized spacial score (nSPS) is 13.6. The molecule has 0 aliphatic heterocycles. The van der Waals surface area contributed by atoms with Crippen molar-refractivity contribution in [2.75, 3.05) is 6.61 Å². The fraction of sp³-hybridized carbons (Fsp3) is 0.811. The van der Waals surface area contributed by atoms with E-state index in [9.17, 15) is 19.8 Å². The minimum Gasteiger partial charge on any atom is -0.462 e. The molecule has 59 heavy (non-hydrogen) atoms. The lowest BCUT2D eigenvalue weighted by atomic mass is 10.0. The summed E-state index contributed by atoms with van der Waals surface area (Å²) in [6.07, 6.45) is 56.0. The molecule has 344 valence electrons. The average Bonchev–Trinajstić information content (AvgIpc) is 3.23. The Morgan fingerprint density at radius 1 is 0.508 bits per heavy atom. The Hall–Kier alpha value is -2.18. The van der Waals surface area contributed by atoms with Crippen LogP contribution in [-0.4, -0.2) is 46.9 Å². The summed E-state index contributed by atoms with van der Waals surface area (Å²) in [4.78, 5) is 26.0. The van der Waals surface area contributed by atoms with Crippen LogP contribution in [0.4, 0.5) is 0 Å². The first-order chi connectivity index (χ1) is 29.0. The third kappa shape index (κ3) is 42.3. The topological polar surface area (TPSA) is 95.9 Å². The van der Waals surface area contributed by atoms with Crippen LogP contribution in [0.25, 0.3) is 0 Å². The van der Waals surface area contributed by atoms with Gasteiger partial charge in [0.1, 0.15) is 6.10 Å². The molecular weight excluding hydrogens is 731 g/mol. The molecule has 0 bridgehead atoms. The number of unbranched alkanes of at least 4 members (excludes halogenated alkanes) is 25. The van der Waals surface area contributed by atoms with E-state index in [0.717, 1.165) is 96.3 Å². The van der Waals surface area contributed by atoms with Crippen molar-refractivity contribution >= 4 is 11.9 Å². The Kier molecular flexibility index (Phi) is 45.1. The van der Waals surface area contributed by atoms with E-state index in [0.29, 0.717) is 19.3 Å². The van der Waals surface area contributed by atoms with Crippen molar-refractivity contribution in [3.05, 3.63) is 48.6 Å². The van der Waals surface area contributed by atoms with Gasteiger partial charge in [0, 0.05) is 6.42 Å². The van der Waals surface area contributed by atoms with Crippen LogP contribution in [0, 0.1) is 0 Å². The van der Waals surface area contributed by atoms with Gasteiger partial charge in [-0.3, -0.25) is 9.59 Å². The number of hydrogen-bond donors (Lipinski definition) is 3. The number of esters is 1. The molecule has 0 aromatic rings. The molecule has 3 unspecified atom stereocenters. The third-order valence-electron chi connectivity index (χ3n) is 11.4. The molecule has 0 fully saturated rings. The number of carbonyl (C=O) groups is 2. The van der Waals surface area contributed by atoms with E-state index in [-0.39, 0.29) is 24.9 Å². The zero-order chi connectivity index (χ0) is 43.1. The Balaban J connectivity index is 4.47. The predicted octanol–water partition coefficient (Wildman–Crippen LogP) is 15.1. The standard InChI is InChI=1S/C53H97NO5/c1-4-7-10-13-16-19-21-23-25-27-29-31-34-37-40-43-46-53(58)59-49(44-41-38-35-32-18-15-12-9-6-3)47-52(57)54-50(48-55)51(56)45-42-39-36-33-30-28-26-24-22-20-17-14-11-8-5-2/h7,10,15-16,18-19,23,25,49-51,55-56H,4-6,8-9,11-14,17,20-22,24,26-48H2,1-3H3,(H,54,57)/b10-7+,18-15-,19-16+,25-23+. The SMILES string of the molecule is CC/C=C/C/C=C/C/C=C/CCCCCCCCC(=O)OC(CCCCC/C=C\CCCC)CC(=O)NC(CO)C(O)CCCCCCCCCCCCCCCCC. The summed E-state index contributed by atoms with van der Waals surface area (Å²) in [5, 5.41) is 23.7. The molecular formula is C53H97NO5. The zero-order valence-corrected chi connectivity index (χ0v) is 39.1. The summed E-state index contributed by atoms with van der Waals surface area (Å²) in [6.45, 7) is 6.33. The van der Waals surface area contributed by atoms with Gasteiger partial charge in [0.15, 0.2) is 0 Å². The molecule has 0 spiro atoms. The highest BCUT2D eigenvalue weighted by Gasteiger charge is 2.24. The maximum Gasteiger partial charge on any atom is 0.306 e. The van der Waals surface area contributed by atoms with Crippen molar-refractivity contribution in [3.8, 4) is 0 Å². The van der Waals surface area contributed by atoms with Crippen LogP contribution in [-0.2, 0) is 14.3 Å². The van der Waals surface area contributed by atoms with Gasteiger partial charge < -0.3 is 20.3 Å². The number of ether oxygens (including phenoxy) is 1. The summed E-state index contributed by atoms with van der Waals surface area (Å²) in [5.41, 5.74) is 0. The molecule has 3 atom stereocenters. The molecule has 0 aliphatic carbocycles. The molecule has 6 nitrogen and oxygen atoms in total. The summed E-state index contributed by atoms with van der Waals surface area (Å²) in [7, 11) is 0. The summed E-state index contributed by atoms with van der Waals surface area (Å²) in [5.74, 6) is -0.503. The molecule has 0 saturated carbocycles. The smallest absolute Gasteiger partial charge is 0.306 e. The second kappa shape index (κ2) is 46.9. The molecule has 0 radical (unpaired) electrons. The number of amides is 1. The van der Waals surface area contributed by atoms with Gasteiger partial charge in [-0.15, -0.1) is 0 Å². The highest BCUT2D eigenvalue weighted by atomic mass is 16.5. The minimum absolute atomic E-state index is 0.0614. The Morgan fingerprint density at radius 2 is 0.932 bits per heavy atom. The first-order valence-corrected chi connectivity index (χ1v) is 25.4. The van der Waals surface area contributed by atoms with Crippen molar-refractivity contribution in [2.45, 2.75) is 270 Å². The number of nitrogens with one attached hydrogen (secondary N) is 1. The lowest BCUT2D eigenvalue weighted by Crippen LogP contribution is -2.46. The van der Waals surface area contributed by atoms with Crippen LogP contribution in [0.1, 0.15) is 252 Å². The van der Waals surface area contributed by atoms with E-state index in [1.807, 2.05) is 0 Å². The first kappa shape index (κ1) is 56.8. The third-order valence-corrected chi connectivity index (χ3v) is 11.4. The zero-order valence-electron chi connectivity index (χ0n) is 39.1. The minimum atomic E-state index is -0.792. The summed E-state index contributed by atoms with van der Waals surface area (Å²) < 4.78 is 5.90. The van der Waals surface area contributed by atoms with Gasteiger partial charge in [0.2, 0.25) is 5.91 Å². The van der Waals surface area contributed by atoms with Gasteiger partial charge in [-0.1, -0.05) is 211 Å². The van der Waals surface area contributed by atoms with Gasteiger partial charge >= 0.3 is 5.97 Å². The average molecular weight is 828 g/mol. The summed E-state index contributed by atoms with van der Waals surface area (Å²) in [6, 6.07) is -0.707. The Morgan fingerprint density at radius 3 is 1.47 bits per heavy atom. The summed E-state index contributed by atoms with van der Waals surface area (Å²) >= 11 is 0. The van der Waals surface area contributed by atoms with Crippen LogP contribution in [0.5, 0.6) is 0 Å². The number of aliphatic hydroxyl groups excluding tert-OH is 2.